The third-order valence-corrected chi connectivity index (χ3v) is 2.67. The lowest BCUT2D eigenvalue weighted by Gasteiger charge is -2.15. The molecule has 0 radical (unpaired) electrons. The van der Waals surface area contributed by atoms with E-state index < -0.39 is 0 Å². The van der Waals surface area contributed by atoms with E-state index in [4.69, 9.17) is 17.5 Å². The molecule has 0 spiro atoms. The minimum atomic E-state index is 0.504. The monoisotopic (exact) mass is 275 g/mol. The van der Waals surface area contributed by atoms with E-state index in [0.29, 0.717) is 16.4 Å². The normalized spacial score (nSPS) is 10.1. The van der Waals surface area contributed by atoms with Crippen LogP contribution in [0.1, 0.15) is 5.56 Å². The molecule has 0 atom stereocenters. The first-order chi connectivity index (χ1) is 8.93. The van der Waals surface area contributed by atoms with Crippen molar-refractivity contribution in [1.82, 2.24) is 9.80 Å². The summed E-state index contributed by atoms with van der Waals surface area (Å²) in [7, 11) is 7.47. The molecule has 1 N–H and O–H groups in total. The third kappa shape index (κ3) is 4.56. The van der Waals surface area contributed by atoms with Crippen LogP contribution in [-0.4, -0.2) is 49.4 Å². The summed E-state index contributed by atoms with van der Waals surface area (Å²) in [4.78, 5) is 7.84. The van der Waals surface area contributed by atoms with Gasteiger partial charge in [0.05, 0.1) is 17.6 Å². The van der Waals surface area contributed by atoms with Gasteiger partial charge in [0.1, 0.15) is 6.07 Å². The summed E-state index contributed by atoms with van der Waals surface area (Å²) in [6.45, 7) is 0. The lowest BCUT2D eigenvalue weighted by atomic mass is 10.2. The molecule has 0 saturated carbocycles. The summed E-state index contributed by atoms with van der Waals surface area (Å²) in [6.07, 6.45) is 1.66. The van der Waals surface area contributed by atoms with Gasteiger partial charge >= 0.3 is 0 Å². The first-order valence-corrected chi connectivity index (χ1v) is 6.08. The van der Waals surface area contributed by atoms with Crippen LogP contribution in [0.4, 0.5) is 11.4 Å². The molecule has 19 heavy (non-hydrogen) atoms. The van der Waals surface area contributed by atoms with Gasteiger partial charge in [-0.1, -0.05) is 0 Å². The van der Waals surface area contributed by atoms with Gasteiger partial charge in [-0.15, -0.1) is 0 Å². The average molecular weight is 275 g/mol. The van der Waals surface area contributed by atoms with Crippen molar-refractivity contribution in [2.45, 2.75) is 0 Å². The fraction of sp³-hybridized carbons (Fsp3) is 0.308. The first-order valence-electron chi connectivity index (χ1n) is 5.67. The molecule has 0 heterocycles. The fourth-order valence-corrected chi connectivity index (χ4v) is 1.35. The van der Waals surface area contributed by atoms with Crippen molar-refractivity contribution in [3.63, 3.8) is 0 Å². The van der Waals surface area contributed by atoms with E-state index >= 15 is 0 Å². The molecule has 6 heteroatoms. The van der Waals surface area contributed by atoms with Crippen LogP contribution < -0.4 is 5.32 Å². The second-order valence-corrected chi connectivity index (χ2v) is 4.76. The lowest BCUT2D eigenvalue weighted by Crippen LogP contribution is -2.26. The van der Waals surface area contributed by atoms with E-state index in [1.165, 1.54) is 0 Å². The van der Waals surface area contributed by atoms with Gasteiger partial charge in [0.25, 0.3) is 0 Å². The second-order valence-electron chi connectivity index (χ2n) is 4.38. The van der Waals surface area contributed by atoms with Gasteiger partial charge in [-0.05, 0) is 30.4 Å². The Kier molecular flexibility index (Phi) is 5.27. The van der Waals surface area contributed by atoms with Crippen LogP contribution in [0.5, 0.6) is 0 Å². The number of hydrogen-bond donors (Lipinski definition) is 1. The number of nitrogens with one attached hydrogen (secondary N) is 1. The Balaban J connectivity index is 2.97. The van der Waals surface area contributed by atoms with Crippen LogP contribution >= 0.6 is 12.2 Å². The van der Waals surface area contributed by atoms with Gasteiger partial charge in [0.15, 0.2) is 5.11 Å². The number of nitriles is 1. The molecule has 100 valence electrons. The van der Waals surface area contributed by atoms with Crippen molar-refractivity contribution < 1.29 is 0 Å². The second kappa shape index (κ2) is 6.71. The third-order valence-electron chi connectivity index (χ3n) is 2.20. The first kappa shape index (κ1) is 14.9. The molecule has 1 rings (SSSR count). The molecule has 5 nitrogen and oxygen atoms in total. The molecular weight excluding hydrogens is 258 g/mol. The van der Waals surface area contributed by atoms with E-state index in [1.807, 2.05) is 39.2 Å². The SMILES string of the molecule is CN(C)C=Nc1ccc(NC(=S)N(C)C)cc1C#N. The zero-order valence-corrected chi connectivity index (χ0v) is 12.3. The molecule has 0 fully saturated rings. The quantitative estimate of drug-likeness (QED) is 0.520. The van der Waals surface area contributed by atoms with Crippen LogP contribution in [0.15, 0.2) is 23.2 Å². The van der Waals surface area contributed by atoms with Crippen LogP contribution in [0, 0.1) is 11.3 Å². The molecule has 1 aromatic rings. The molecule has 0 amide bonds. The number of anilines is 1. The number of aliphatic imine (C=N–C) groups is 1. The molecule has 0 aromatic heterocycles. The molecule has 0 bridgehead atoms. The molecule has 0 aliphatic carbocycles. The fourth-order valence-electron chi connectivity index (χ4n) is 1.23. The standard InChI is InChI=1S/C13H17N5S/c1-17(2)9-15-12-6-5-11(7-10(12)8-14)16-13(19)18(3)4/h5-7,9H,1-4H3,(H,16,19). The Morgan fingerprint density at radius 2 is 2.05 bits per heavy atom. The highest BCUT2D eigenvalue weighted by Gasteiger charge is 2.04. The number of nitrogens with zero attached hydrogens (tertiary/aromatic N) is 4. The van der Waals surface area contributed by atoms with Crippen molar-refractivity contribution >= 4 is 35.0 Å². The highest BCUT2D eigenvalue weighted by molar-refractivity contribution is 7.80. The lowest BCUT2D eigenvalue weighted by molar-refractivity contribution is 0.634. The van der Waals surface area contributed by atoms with E-state index in [-0.39, 0.29) is 0 Å². The molecule has 0 aliphatic heterocycles. The smallest absolute Gasteiger partial charge is 0.172 e. The van der Waals surface area contributed by atoms with Gasteiger partial charge in [-0.25, -0.2) is 4.99 Å². The van der Waals surface area contributed by atoms with Crippen molar-refractivity contribution in [2.24, 2.45) is 4.99 Å². The van der Waals surface area contributed by atoms with Gasteiger partial charge in [0, 0.05) is 33.9 Å². The van der Waals surface area contributed by atoms with Gasteiger partial charge in [0.2, 0.25) is 0 Å². The highest BCUT2D eigenvalue weighted by atomic mass is 32.1. The predicted molar refractivity (Wildman–Crippen MR) is 82.9 cm³/mol. The minimum absolute atomic E-state index is 0.504. The van der Waals surface area contributed by atoms with Crippen LogP contribution in [0.3, 0.4) is 0 Å². The van der Waals surface area contributed by atoms with Crippen molar-refractivity contribution in [3.05, 3.63) is 23.8 Å². The summed E-state index contributed by atoms with van der Waals surface area (Å²) >= 11 is 5.15. The average Bonchev–Trinajstić information content (AvgIpc) is 2.36. The van der Waals surface area contributed by atoms with Crippen molar-refractivity contribution in [2.75, 3.05) is 33.5 Å². The van der Waals surface area contributed by atoms with Crippen LogP contribution in [0.2, 0.25) is 0 Å². The minimum Gasteiger partial charge on any atom is -0.369 e. The number of hydrogen-bond acceptors (Lipinski definition) is 3. The molecule has 1 aromatic carbocycles. The Morgan fingerprint density at radius 3 is 2.58 bits per heavy atom. The van der Waals surface area contributed by atoms with E-state index in [2.05, 4.69) is 16.4 Å². The Bertz CT molecular complexity index is 528. The number of benzene rings is 1. The molecule has 0 saturated heterocycles. The predicted octanol–water partition coefficient (Wildman–Crippen LogP) is 2.04. The van der Waals surface area contributed by atoms with E-state index in [1.54, 1.807) is 23.4 Å². The summed E-state index contributed by atoms with van der Waals surface area (Å²) < 4.78 is 0. The Hall–Kier alpha value is -2.13. The van der Waals surface area contributed by atoms with E-state index in [0.717, 1.165) is 5.69 Å². The maximum Gasteiger partial charge on any atom is 0.172 e. The summed E-state index contributed by atoms with van der Waals surface area (Å²) in [5, 5.41) is 12.8. The van der Waals surface area contributed by atoms with Gasteiger partial charge < -0.3 is 15.1 Å². The van der Waals surface area contributed by atoms with Crippen molar-refractivity contribution in [3.8, 4) is 6.07 Å². The van der Waals surface area contributed by atoms with Crippen LogP contribution in [0.25, 0.3) is 0 Å². The number of thiocarbonyl (C=S) groups is 1. The molecular formula is C13H17N5S. The zero-order chi connectivity index (χ0) is 14.4. The van der Waals surface area contributed by atoms with Crippen LogP contribution in [-0.2, 0) is 0 Å². The van der Waals surface area contributed by atoms with Gasteiger partial charge in [-0.2, -0.15) is 5.26 Å². The molecule has 0 unspecified atom stereocenters. The Labute approximate surface area is 119 Å². The maximum absolute atomic E-state index is 9.14. The largest absolute Gasteiger partial charge is 0.369 e. The maximum atomic E-state index is 9.14. The Morgan fingerprint density at radius 1 is 1.37 bits per heavy atom. The topological polar surface area (TPSA) is 54.7 Å². The van der Waals surface area contributed by atoms with Crippen molar-refractivity contribution in [1.29, 1.82) is 5.26 Å². The zero-order valence-electron chi connectivity index (χ0n) is 11.5. The number of rotatable bonds is 3. The highest BCUT2D eigenvalue weighted by Crippen LogP contribution is 2.22. The summed E-state index contributed by atoms with van der Waals surface area (Å²) in [5.41, 5.74) is 1.92. The summed E-state index contributed by atoms with van der Waals surface area (Å²) in [5.74, 6) is 0. The van der Waals surface area contributed by atoms with Gasteiger partial charge in [-0.3, -0.25) is 0 Å². The molecule has 0 aliphatic rings. The van der Waals surface area contributed by atoms with E-state index in [9.17, 15) is 0 Å². The summed E-state index contributed by atoms with van der Waals surface area (Å²) in [6, 6.07) is 7.50.